The van der Waals surface area contributed by atoms with Gasteiger partial charge in [-0.3, -0.25) is 4.98 Å². The molecule has 2 aromatic heterocycles. The highest BCUT2D eigenvalue weighted by Crippen LogP contribution is 2.23. The number of pyridine rings is 1. The van der Waals surface area contributed by atoms with E-state index in [9.17, 15) is 0 Å². The summed E-state index contributed by atoms with van der Waals surface area (Å²) in [7, 11) is 0. The molecule has 2 N–H and O–H groups in total. The first-order valence-corrected chi connectivity index (χ1v) is 7.24. The number of aryl methyl sites for hydroxylation is 1. The first kappa shape index (κ1) is 13.7. The Morgan fingerprint density at radius 1 is 1.24 bits per heavy atom. The predicted molar refractivity (Wildman–Crippen MR) is 83.0 cm³/mol. The number of hydrogen-bond acceptors (Lipinski definition) is 4. The lowest BCUT2D eigenvalue weighted by Gasteiger charge is -2.17. The van der Waals surface area contributed by atoms with Gasteiger partial charge in [-0.2, -0.15) is 15.4 Å². The van der Waals surface area contributed by atoms with Gasteiger partial charge in [0.25, 0.3) is 0 Å². The summed E-state index contributed by atoms with van der Waals surface area (Å²) in [6.45, 7) is 5.09. The summed E-state index contributed by atoms with van der Waals surface area (Å²) in [5, 5.41) is 15.5. The maximum absolute atomic E-state index is 4.55. The van der Waals surface area contributed by atoms with Gasteiger partial charge in [-0.05, 0) is 43.7 Å². The Morgan fingerprint density at radius 3 is 2.90 bits per heavy atom. The van der Waals surface area contributed by atoms with Crippen molar-refractivity contribution < 1.29 is 0 Å². The molecule has 5 nitrogen and oxygen atoms in total. The zero-order valence-corrected chi connectivity index (χ0v) is 12.3. The van der Waals surface area contributed by atoms with Crippen molar-refractivity contribution in [2.75, 3.05) is 6.54 Å². The van der Waals surface area contributed by atoms with E-state index in [1.54, 1.807) is 6.20 Å². The van der Waals surface area contributed by atoms with Gasteiger partial charge in [-0.25, -0.2) is 0 Å². The maximum atomic E-state index is 4.55. The van der Waals surface area contributed by atoms with Crippen molar-refractivity contribution in [2.45, 2.75) is 26.3 Å². The largest absolute Gasteiger partial charge is 0.305 e. The molecule has 1 unspecified atom stereocenters. The van der Waals surface area contributed by atoms with E-state index in [0.29, 0.717) is 0 Å². The standard InChI is InChI=1S/C16H19N5/c1-3-8-17-16(15-10-18-21-20-15)13-6-7-14-12(9-13)5-4-11(2)19-14/h4-7,9-10,16-17H,3,8H2,1-2H3,(H,18,20,21). The zero-order chi connectivity index (χ0) is 14.7. The summed E-state index contributed by atoms with van der Waals surface area (Å²) in [6, 6.07) is 10.5. The fourth-order valence-electron chi connectivity index (χ4n) is 2.46. The molecule has 0 saturated heterocycles. The number of nitrogens with one attached hydrogen (secondary N) is 2. The van der Waals surface area contributed by atoms with Gasteiger partial charge >= 0.3 is 0 Å². The Kier molecular flexibility index (Phi) is 3.92. The zero-order valence-electron chi connectivity index (χ0n) is 12.3. The van der Waals surface area contributed by atoms with E-state index in [0.717, 1.165) is 35.3 Å². The summed E-state index contributed by atoms with van der Waals surface area (Å²) in [4.78, 5) is 4.55. The van der Waals surface area contributed by atoms with E-state index in [-0.39, 0.29) is 6.04 Å². The second kappa shape index (κ2) is 6.01. The molecule has 3 rings (SSSR count). The first-order chi connectivity index (χ1) is 10.3. The van der Waals surface area contributed by atoms with Crippen LogP contribution in [0.2, 0.25) is 0 Å². The van der Waals surface area contributed by atoms with Gasteiger partial charge < -0.3 is 5.32 Å². The predicted octanol–water partition coefficient (Wildman–Crippen LogP) is 2.75. The summed E-state index contributed by atoms with van der Waals surface area (Å²) >= 11 is 0. The highest BCUT2D eigenvalue weighted by molar-refractivity contribution is 5.79. The first-order valence-electron chi connectivity index (χ1n) is 7.24. The van der Waals surface area contributed by atoms with Crippen LogP contribution in [0, 0.1) is 6.92 Å². The molecule has 0 aliphatic carbocycles. The van der Waals surface area contributed by atoms with Crippen LogP contribution in [-0.2, 0) is 0 Å². The van der Waals surface area contributed by atoms with Gasteiger partial charge in [0.05, 0.1) is 17.8 Å². The van der Waals surface area contributed by atoms with Crippen LogP contribution in [0.1, 0.15) is 36.3 Å². The van der Waals surface area contributed by atoms with Gasteiger partial charge in [-0.15, -0.1) is 0 Å². The number of aromatic amines is 1. The lowest BCUT2D eigenvalue weighted by Crippen LogP contribution is -2.23. The smallest absolute Gasteiger partial charge is 0.104 e. The average Bonchev–Trinajstić information content (AvgIpc) is 3.02. The third kappa shape index (κ3) is 2.92. The number of aromatic nitrogens is 4. The quantitative estimate of drug-likeness (QED) is 0.754. The van der Waals surface area contributed by atoms with E-state index in [2.05, 4.69) is 56.9 Å². The minimum absolute atomic E-state index is 0.0504. The molecule has 0 spiro atoms. The molecule has 0 saturated carbocycles. The fraction of sp³-hybridized carbons (Fsp3) is 0.312. The fourth-order valence-corrected chi connectivity index (χ4v) is 2.46. The van der Waals surface area contributed by atoms with E-state index in [1.807, 2.05) is 13.0 Å². The third-order valence-electron chi connectivity index (χ3n) is 3.51. The Bertz CT molecular complexity index is 721. The monoisotopic (exact) mass is 281 g/mol. The van der Waals surface area contributed by atoms with Crippen molar-refractivity contribution >= 4 is 10.9 Å². The normalized spacial score (nSPS) is 12.7. The van der Waals surface area contributed by atoms with Gasteiger partial charge in [0.2, 0.25) is 0 Å². The summed E-state index contributed by atoms with van der Waals surface area (Å²) in [5.74, 6) is 0. The van der Waals surface area contributed by atoms with Gasteiger partial charge in [-0.1, -0.05) is 19.1 Å². The van der Waals surface area contributed by atoms with Crippen molar-refractivity contribution in [1.82, 2.24) is 25.7 Å². The van der Waals surface area contributed by atoms with Crippen LogP contribution in [0.4, 0.5) is 0 Å². The van der Waals surface area contributed by atoms with Crippen LogP contribution in [-0.4, -0.2) is 26.9 Å². The molecule has 0 aliphatic rings. The number of nitrogens with zero attached hydrogens (tertiary/aromatic N) is 3. The van der Waals surface area contributed by atoms with Crippen molar-refractivity contribution in [3.63, 3.8) is 0 Å². The Balaban J connectivity index is 2.00. The highest BCUT2D eigenvalue weighted by Gasteiger charge is 2.16. The van der Waals surface area contributed by atoms with Crippen LogP contribution < -0.4 is 5.32 Å². The Labute approximate surface area is 123 Å². The molecule has 0 amide bonds. The van der Waals surface area contributed by atoms with Crippen LogP contribution in [0.3, 0.4) is 0 Å². The minimum Gasteiger partial charge on any atom is -0.305 e. The van der Waals surface area contributed by atoms with Crippen molar-refractivity contribution in [2.24, 2.45) is 0 Å². The van der Waals surface area contributed by atoms with E-state index in [1.165, 1.54) is 5.56 Å². The summed E-state index contributed by atoms with van der Waals surface area (Å²) in [6.07, 6.45) is 2.84. The maximum Gasteiger partial charge on any atom is 0.104 e. The summed E-state index contributed by atoms with van der Waals surface area (Å²) < 4.78 is 0. The van der Waals surface area contributed by atoms with Gasteiger partial charge in [0, 0.05) is 11.1 Å². The highest BCUT2D eigenvalue weighted by atomic mass is 15.3. The number of fused-ring (bicyclic) bond motifs is 1. The number of hydrogen-bond donors (Lipinski definition) is 2. The lowest BCUT2D eigenvalue weighted by atomic mass is 10.0. The molecule has 1 atom stereocenters. The van der Waals surface area contributed by atoms with Crippen molar-refractivity contribution in [3.8, 4) is 0 Å². The molecule has 2 heterocycles. The Hall–Kier alpha value is -2.27. The molecule has 0 aliphatic heterocycles. The molecule has 0 bridgehead atoms. The van der Waals surface area contributed by atoms with E-state index in [4.69, 9.17) is 0 Å². The number of benzene rings is 1. The minimum atomic E-state index is 0.0504. The second-order valence-electron chi connectivity index (χ2n) is 5.19. The molecular formula is C16H19N5. The van der Waals surface area contributed by atoms with Crippen LogP contribution in [0.15, 0.2) is 36.5 Å². The lowest BCUT2D eigenvalue weighted by molar-refractivity contribution is 0.585. The SMILES string of the molecule is CCCNC(c1ccc2nc(C)ccc2c1)c1cn[nH]n1. The third-order valence-corrected chi connectivity index (χ3v) is 3.51. The molecule has 5 heteroatoms. The van der Waals surface area contributed by atoms with E-state index < -0.39 is 0 Å². The molecular weight excluding hydrogens is 262 g/mol. The van der Waals surface area contributed by atoms with Crippen molar-refractivity contribution in [3.05, 3.63) is 53.5 Å². The van der Waals surface area contributed by atoms with Crippen LogP contribution in [0.25, 0.3) is 10.9 Å². The molecule has 3 aromatic rings. The topological polar surface area (TPSA) is 66.5 Å². The van der Waals surface area contributed by atoms with Crippen molar-refractivity contribution in [1.29, 1.82) is 0 Å². The Morgan fingerprint density at radius 2 is 2.14 bits per heavy atom. The van der Waals surface area contributed by atoms with Gasteiger partial charge in [0.15, 0.2) is 0 Å². The molecule has 1 aromatic carbocycles. The average molecular weight is 281 g/mol. The second-order valence-corrected chi connectivity index (χ2v) is 5.19. The summed E-state index contributed by atoms with van der Waals surface area (Å²) in [5.41, 5.74) is 4.14. The number of H-pyrrole nitrogens is 1. The van der Waals surface area contributed by atoms with Crippen LogP contribution in [0.5, 0.6) is 0 Å². The molecule has 108 valence electrons. The molecule has 0 fully saturated rings. The number of rotatable bonds is 5. The van der Waals surface area contributed by atoms with Gasteiger partial charge in [0.1, 0.15) is 5.69 Å². The molecule has 21 heavy (non-hydrogen) atoms. The van der Waals surface area contributed by atoms with Crippen LogP contribution >= 0.6 is 0 Å². The van der Waals surface area contributed by atoms with E-state index >= 15 is 0 Å². The molecule has 0 radical (unpaired) electrons.